The second-order valence-electron chi connectivity index (χ2n) is 5.08. The first-order chi connectivity index (χ1) is 11.2. The van der Waals surface area contributed by atoms with Gasteiger partial charge in [0.1, 0.15) is 0 Å². The van der Waals surface area contributed by atoms with Crippen molar-refractivity contribution in [1.29, 1.82) is 0 Å². The number of esters is 1. The molecule has 0 aliphatic rings. The van der Waals surface area contributed by atoms with Gasteiger partial charge in [-0.15, -0.1) is 5.10 Å². The summed E-state index contributed by atoms with van der Waals surface area (Å²) in [4.78, 5) is 23.0. The van der Waals surface area contributed by atoms with Gasteiger partial charge in [0.15, 0.2) is 5.69 Å². The van der Waals surface area contributed by atoms with Gasteiger partial charge in [-0.05, 0) is 25.0 Å². The van der Waals surface area contributed by atoms with Gasteiger partial charge >= 0.3 is 5.97 Å². The zero-order chi connectivity index (χ0) is 16.5. The first-order valence-electron chi connectivity index (χ1n) is 7.52. The van der Waals surface area contributed by atoms with Gasteiger partial charge in [-0.3, -0.25) is 9.48 Å². The van der Waals surface area contributed by atoms with E-state index in [9.17, 15) is 9.59 Å². The summed E-state index contributed by atoms with van der Waals surface area (Å²) in [7, 11) is 1.31. The number of hydrogen-bond donors (Lipinski definition) is 1. The molecule has 0 aliphatic carbocycles. The van der Waals surface area contributed by atoms with Crippen LogP contribution in [0.1, 0.15) is 36.2 Å². The van der Waals surface area contributed by atoms with Crippen molar-refractivity contribution in [1.82, 2.24) is 15.0 Å². The molecule has 0 bridgehead atoms. The van der Waals surface area contributed by atoms with Crippen LogP contribution in [0.25, 0.3) is 0 Å². The number of carbonyl (C=O) groups excluding carboxylic acids is 2. The number of benzene rings is 1. The van der Waals surface area contributed by atoms with E-state index in [-0.39, 0.29) is 11.6 Å². The van der Waals surface area contributed by atoms with Crippen LogP contribution in [-0.4, -0.2) is 34.0 Å². The van der Waals surface area contributed by atoms with Crippen LogP contribution in [0.3, 0.4) is 0 Å². The zero-order valence-corrected chi connectivity index (χ0v) is 13.1. The highest BCUT2D eigenvalue weighted by atomic mass is 16.5. The van der Waals surface area contributed by atoms with Crippen molar-refractivity contribution >= 4 is 17.6 Å². The molecule has 1 aromatic heterocycles. The molecule has 0 atom stereocenters. The predicted molar refractivity (Wildman–Crippen MR) is 84.9 cm³/mol. The van der Waals surface area contributed by atoms with Gasteiger partial charge in [0, 0.05) is 18.7 Å². The molecule has 2 rings (SSSR count). The molecule has 1 N–H and O–H groups in total. The predicted octanol–water partition coefficient (Wildman–Crippen LogP) is 2.26. The van der Waals surface area contributed by atoms with Crippen molar-refractivity contribution < 1.29 is 14.3 Å². The smallest absolute Gasteiger partial charge is 0.360 e. The lowest BCUT2D eigenvalue weighted by molar-refractivity contribution is -0.116. The minimum atomic E-state index is -0.492. The van der Waals surface area contributed by atoms with Crippen LogP contribution in [0.15, 0.2) is 36.5 Å². The third kappa shape index (κ3) is 5.54. The number of ether oxygens (including phenoxy) is 1. The third-order valence-corrected chi connectivity index (χ3v) is 3.28. The number of nitrogens with one attached hydrogen (secondary N) is 1. The molecule has 23 heavy (non-hydrogen) atoms. The standard InChI is InChI=1S/C16H20N4O3/c1-23-16(22)14-12-20(19-18-14)11-7-3-6-10-15(21)17-13-8-4-2-5-9-13/h2,4-5,8-9,12H,3,6-7,10-11H2,1H3,(H,17,21). The Labute approximate surface area is 134 Å². The summed E-state index contributed by atoms with van der Waals surface area (Å²) >= 11 is 0. The monoisotopic (exact) mass is 316 g/mol. The number of nitrogens with zero attached hydrogens (tertiary/aromatic N) is 3. The summed E-state index contributed by atoms with van der Waals surface area (Å²) < 4.78 is 6.18. The number of hydrogen-bond acceptors (Lipinski definition) is 5. The molecule has 0 unspecified atom stereocenters. The Morgan fingerprint density at radius 2 is 1.96 bits per heavy atom. The van der Waals surface area contributed by atoms with Crippen molar-refractivity contribution in [3.63, 3.8) is 0 Å². The molecule has 7 nitrogen and oxygen atoms in total. The van der Waals surface area contributed by atoms with E-state index in [1.165, 1.54) is 7.11 Å². The Bertz CT molecular complexity index is 640. The van der Waals surface area contributed by atoms with Crippen LogP contribution < -0.4 is 5.32 Å². The number of carbonyl (C=O) groups is 2. The Balaban J connectivity index is 1.61. The second kappa shape index (κ2) is 8.67. The van der Waals surface area contributed by atoms with Gasteiger partial charge in [-0.2, -0.15) is 0 Å². The van der Waals surface area contributed by atoms with E-state index in [4.69, 9.17) is 0 Å². The second-order valence-corrected chi connectivity index (χ2v) is 5.08. The van der Waals surface area contributed by atoms with E-state index >= 15 is 0 Å². The topological polar surface area (TPSA) is 86.1 Å². The van der Waals surface area contributed by atoms with Gasteiger partial charge in [0.2, 0.25) is 5.91 Å². The highest BCUT2D eigenvalue weighted by molar-refractivity contribution is 5.90. The SMILES string of the molecule is COC(=O)c1cn(CCCCCC(=O)Nc2ccccc2)nn1. The van der Waals surface area contributed by atoms with E-state index in [1.807, 2.05) is 30.3 Å². The highest BCUT2D eigenvalue weighted by Crippen LogP contribution is 2.08. The summed E-state index contributed by atoms with van der Waals surface area (Å²) in [5, 5.41) is 10.5. The minimum Gasteiger partial charge on any atom is -0.464 e. The first-order valence-corrected chi connectivity index (χ1v) is 7.52. The molecule has 1 amide bonds. The molecule has 0 saturated carbocycles. The van der Waals surface area contributed by atoms with Crippen molar-refractivity contribution in [2.75, 3.05) is 12.4 Å². The minimum absolute atomic E-state index is 0.0185. The fraction of sp³-hybridized carbons (Fsp3) is 0.375. The maximum Gasteiger partial charge on any atom is 0.360 e. The van der Waals surface area contributed by atoms with Gasteiger partial charge < -0.3 is 10.1 Å². The van der Waals surface area contributed by atoms with Crippen molar-refractivity contribution in [3.8, 4) is 0 Å². The first kappa shape index (κ1) is 16.7. The molecule has 1 heterocycles. The van der Waals surface area contributed by atoms with Crippen LogP contribution in [0.5, 0.6) is 0 Å². The summed E-state index contributed by atoms with van der Waals surface area (Å²) in [5.41, 5.74) is 1.02. The van der Waals surface area contributed by atoms with Crippen LogP contribution >= 0.6 is 0 Å². The average Bonchev–Trinajstić information content (AvgIpc) is 3.03. The number of rotatable bonds is 8. The third-order valence-electron chi connectivity index (χ3n) is 3.28. The Hall–Kier alpha value is -2.70. The molecule has 0 fully saturated rings. The lowest BCUT2D eigenvalue weighted by atomic mass is 10.2. The van der Waals surface area contributed by atoms with Crippen LogP contribution in [0.4, 0.5) is 5.69 Å². The van der Waals surface area contributed by atoms with Gasteiger partial charge in [-0.1, -0.05) is 29.8 Å². The largest absolute Gasteiger partial charge is 0.464 e. The number of anilines is 1. The number of aryl methyl sites for hydroxylation is 1. The molecule has 0 saturated heterocycles. The maximum absolute atomic E-state index is 11.8. The number of aromatic nitrogens is 3. The number of unbranched alkanes of at least 4 members (excludes halogenated alkanes) is 2. The van der Waals surface area contributed by atoms with Gasteiger partial charge in [0.25, 0.3) is 0 Å². The molecule has 1 aromatic carbocycles. The van der Waals surface area contributed by atoms with E-state index in [0.29, 0.717) is 13.0 Å². The lowest BCUT2D eigenvalue weighted by Gasteiger charge is -2.05. The highest BCUT2D eigenvalue weighted by Gasteiger charge is 2.10. The quantitative estimate of drug-likeness (QED) is 0.596. The van der Waals surface area contributed by atoms with Gasteiger partial charge in [0.05, 0.1) is 13.3 Å². The Morgan fingerprint density at radius 1 is 1.17 bits per heavy atom. The number of methoxy groups -OCH3 is 1. The fourth-order valence-corrected chi connectivity index (χ4v) is 2.09. The summed E-state index contributed by atoms with van der Waals surface area (Å²) in [5.74, 6) is -0.473. The maximum atomic E-state index is 11.8. The molecule has 0 spiro atoms. The Kier molecular flexibility index (Phi) is 6.28. The molecule has 7 heteroatoms. The summed E-state index contributed by atoms with van der Waals surface area (Å²) in [6, 6.07) is 9.40. The van der Waals surface area contributed by atoms with E-state index in [2.05, 4.69) is 20.4 Å². The van der Waals surface area contributed by atoms with Crippen LogP contribution in [0, 0.1) is 0 Å². The average molecular weight is 316 g/mol. The molecule has 122 valence electrons. The molecular weight excluding hydrogens is 296 g/mol. The van der Waals surface area contributed by atoms with Crippen molar-refractivity contribution in [2.45, 2.75) is 32.2 Å². The van der Waals surface area contributed by atoms with Crippen LogP contribution in [-0.2, 0) is 16.1 Å². The van der Waals surface area contributed by atoms with E-state index in [1.54, 1.807) is 10.9 Å². The summed E-state index contributed by atoms with van der Waals surface area (Å²) in [6.07, 6.45) is 4.61. The fourth-order valence-electron chi connectivity index (χ4n) is 2.09. The Morgan fingerprint density at radius 3 is 2.70 bits per heavy atom. The normalized spacial score (nSPS) is 10.3. The molecular formula is C16H20N4O3. The van der Waals surface area contributed by atoms with E-state index < -0.39 is 5.97 Å². The van der Waals surface area contributed by atoms with Gasteiger partial charge in [-0.25, -0.2) is 4.79 Å². The molecule has 0 aliphatic heterocycles. The molecule has 2 aromatic rings. The van der Waals surface area contributed by atoms with Crippen molar-refractivity contribution in [3.05, 3.63) is 42.2 Å². The van der Waals surface area contributed by atoms with E-state index in [0.717, 1.165) is 24.9 Å². The lowest BCUT2D eigenvalue weighted by Crippen LogP contribution is -2.11. The summed E-state index contributed by atoms with van der Waals surface area (Å²) in [6.45, 7) is 0.657. The zero-order valence-electron chi connectivity index (χ0n) is 13.1. The number of amides is 1. The molecule has 0 radical (unpaired) electrons. The van der Waals surface area contributed by atoms with Crippen molar-refractivity contribution in [2.24, 2.45) is 0 Å². The number of para-hydroxylation sites is 1. The van der Waals surface area contributed by atoms with Crippen LogP contribution in [0.2, 0.25) is 0 Å².